The van der Waals surface area contributed by atoms with Crippen LogP contribution in [0.4, 0.5) is 5.69 Å². The summed E-state index contributed by atoms with van der Waals surface area (Å²) < 4.78 is 1.40. The Kier molecular flexibility index (Phi) is 7.01. The van der Waals surface area contributed by atoms with Crippen LogP contribution < -0.4 is 5.32 Å². The molecule has 124 valence electrons. The number of carbonyl (C=O) groups is 1. The van der Waals surface area contributed by atoms with Gasteiger partial charge in [0.05, 0.1) is 4.92 Å². The number of hydrogen-bond donors (Lipinski definition) is 1. The normalized spacial score (nSPS) is 12.2. The lowest BCUT2D eigenvalue weighted by atomic mass is 9.99. The molecule has 0 aliphatic rings. The van der Waals surface area contributed by atoms with Crippen LogP contribution in [0.2, 0.25) is 0 Å². The van der Waals surface area contributed by atoms with Gasteiger partial charge in [0.2, 0.25) is 5.91 Å². The van der Waals surface area contributed by atoms with Gasteiger partial charge in [-0.05, 0) is 26.2 Å². The number of carbonyl (C=O) groups excluding carboxylic acids is 1. The lowest BCUT2D eigenvalue weighted by Gasteiger charge is -2.15. The Balaban J connectivity index is 2.59. The first kappa shape index (κ1) is 18.1. The van der Waals surface area contributed by atoms with Gasteiger partial charge in [-0.3, -0.25) is 19.6 Å². The summed E-state index contributed by atoms with van der Waals surface area (Å²) in [6.45, 7) is 8.14. The molecular weight excluding hydrogens is 284 g/mol. The number of unbranched alkanes of at least 4 members (excludes halogenated alkanes) is 1. The number of nitrogens with one attached hydrogen (secondary N) is 1. The molecule has 0 radical (unpaired) electrons. The zero-order valence-electron chi connectivity index (χ0n) is 13.9. The Morgan fingerprint density at radius 2 is 2.09 bits per heavy atom. The number of hydrogen-bond acceptors (Lipinski definition) is 4. The third-order valence-corrected chi connectivity index (χ3v) is 3.95. The van der Waals surface area contributed by atoms with E-state index in [1.165, 1.54) is 4.68 Å². The van der Waals surface area contributed by atoms with Gasteiger partial charge >= 0.3 is 5.69 Å². The molecule has 1 unspecified atom stereocenters. The van der Waals surface area contributed by atoms with Crippen molar-refractivity contribution in [2.24, 2.45) is 5.92 Å². The number of nitro groups is 1. The lowest BCUT2D eigenvalue weighted by molar-refractivity contribution is -0.386. The predicted octanol–water partition coefficient (Wildman–Crippen LogP) is 2.74. The van der Waals surface area contributed by atoms with E-state index in [1.54, 1.807) is 13.8 Å². The molecule has 1 amide bonds. The van der Waals surface area contributed by atoms with Gasteiger partial charge in [0.15, 0.2) is 0 Å². The highest BCUT2D eigenvalue weighted by Gasteiger charge is 2.22. The summed E-state index contributed by atoms with van der Waals surface area (Å²) in [6.07, 6.45) is 4.46. The molecule has 0 spiro atoms. The first-order valence-corrected chi connectivity index (χ1v) is 7.85. The van der Waals surface area contributed by atoms with Crippen LogP contribution in [0.15, 0.2) is 0 Å². The molecule has 0 saturated carbocycles. The first-order valence-electron chi connectivity index (χ1n) is 7.85. The minimum absolute atomic E-state index is 0.0119. The van der Waals surface area contributed by atoms with Crippen molar-refractivity contribution in [1.29, 1.82) is 0 Å². The molecule has 1 aromatic heterocycles. The second-order valence-corrected chi connectivity index (χ2v) is 5.65. The summed E-state index contributed by atoms with van der Waals surface area (Å²) in [7, 11) is 0. The number of aromatic nitrogens is 2. The maximum absolute atomic E-state index is 12.0. The molecule has 0 aromatic carbocycles. The summed E-state index contributed by atoms with van der Waals surface area (Å²) in [5.74, 6) is 0.328. The van der Waals surface area contributed by atoms with Crippen LogP contribution in [-0.2, 0) is 11.3 Å². The van der Waals surface area contributed by atoms with E-state index < -0.39 is 4.92 Å². The second-order valence-electron chi connectivity index (χ2n) is 5.65. The fourth-order valence-corrected chi connectivity index (χ4v) is 2.50. The molecule has 0 bridgehead atoms. The zero-order valence-corrected chi connectivity index (χ0v) is 13.9. The van der Waals surface area contributed by atoms with E-state index in [9.17, 15) is 14.9 Å². The van der Waals surface area contributed by atoms with Gasteiger partial charge in [0, 0.05) is 6.54 Å². The summed E-state index contributed by atoms with van der Waals surface area (Å²) in [5.41, 5.74) is 0.738. The fourth-order valence-electron chi connectivity index (χ4n) is 2.50. The van der Waals surface area contributed by atoms with Gasteiger partial charge in [-0.1, -0.05) is 33.1 Å². The average Bonchev–Trinajstić information content (AvgIpc) is 2.73. The molecule has 7 heteroatoms. The van der Waals surface area contributed by atoms with Crippen molar-refractivity contribution in [3.8, 4) is 0 Å². The van der Waals surface area contributed by atoms with E-state index in [4.69, 9.17) is 0 Å². The van der Waals surface area contributed by atoms with Gasteiger partial charge in [-0.15, -0.1) is 0 Å². The van der Waals surface area contributed by atoms with Gasteiger partial charge in [0.1, 0.15) is 17.9 Å². The van der Waals surface area contributed by atoms with Crippen LogP contribution >= 0.6 is 0 Å². The van der Waals surface area contributed by atoms with Crippen LogP contribution in [0.1, 0.15) is 50.9 Å². The number of rotatable bonds is 9. The molecule has 1 aromatic rings. The van der Waals surface area contributed by atoms with Crippen LogP contribution in [0, 0.1) is 29.9 Å². The smallest absolute Gasteiger partial charge is 0.312 e. The monoisotopic (exact) mass is 310 g/mol. The zero-order chi connectivity index (χ0) is 16.7. The molecule has 0 aliphatic carbocycles. The molecule has 0 saturated heterocycles. The third kappa shape index (κ3) is 4.82. The van der Waals surface area contributed by atoms with E-state index >= 15 is 0 Å². The van der Waals surface area contributed by atoms with E-state index in [2.05, 4.69) is 24.3 Å². The standard InChI is InChI=1S/C15H26N4O3/c1-5-7-8-13(6-2)9-16-14(20)10-18-12(4)15(19(21)22)11(3)17-18/h13H,5-10H2,1-4H3,(H,16,20). The van der Waals surface area contributed by atoms with Crippen molar-refractivity contribution < 1.29 is 9.72 Å². The van der Waals surface area contributed by atoms with Gasteiger partial charge in [0.25, 0.3) is 0 Å². The highest BCUT2D eigenvalue weighted by atomic mass is 16.6. The van der Waals surface area contributed by atoms with E-state index in [0.717, 1.165) is 25.7 Å². The summed E-state index contributed by atoms with van der Waals surface area (Å²) >= 11 is 0. The lowest BCUT2D eigenvalue weighted by Crippen LogP contribution is -2.32. The fraction of sp³-hybridized carbons (Fsp3) is 0.733. The SMILES string of the molecule is CCCCC(CC)CNC(=O)Cn1nc(C)c([N+](=O)[O-])c1C. The largest absolute Gasteiger partial charge is 0.354 e. The Labute approximate surface area is 131 Å². The van der Waals surface area contributed by atoms with Crippen LogP contribution in [0.25, 0.3) is 0 Å². The van der Waals surface area contributed by atoms with Crippen molar-refractivity contribution in [2.75, 3.05) is 6.54 Å². The molecule has 0 aliphatic heterocycles. The molecule has 7 nitrogen and oxygen atoms in total. The Hall–Kier alpha value is -1.92. The molecule has 1 heterocycles. The number of aryl methyl sites for hydroxylation is 1. The topological polar surface area (TPSA) is 90.1 Å². The Bertz CT molecular complexity index is 525. The van der Waals surface area contributed by atoms with E-state index in [0.29, 0.717) is 23.9 Å². The van der Waals surface area contributed by atoms with Crippen molar-refractivity contribution in [1.82, 2.24) is 15.1 Å². The molecule has 22 heavy (non-hydrogen) atoms. The highest BCUT2D eigenvalue weighted by molar-refractivity contribution is 5.75. The molecule has 1 rings (SSSR count). The van der Waals surface area contributed by atoms with E-state index in [-0.39, 0.29) is 18.1 Å². The van der Waals surface area contributed by atoms with Crippen molar-refractivity contribution in [3.05, 3.63) is 21.5 Å². The summed E-state index contributed by atoms with van der Waals surface area (Å²) in [6, 6.07) is 0. The molecule has 1 N–H and O–H groups in total. The van der Waals surface area contributed by atoms with Gasteiger partial charge < -0.3 is 5.32 Å². The summed E-state index contributed by atoms with van der Waals surface area (Å²) in [4.78, 5) is 22.5. The van der Waals surface area contributed by atoms with Crippen molar-refractivity contribution in [2.45, 2.75) is 59.9 Å². The second kappa shape index (κ2) is 8.51. The highest BCUT2D eigenvalue weighted by Crippen LogP contribution is 2.21. The van der Waals surface area contributed by atoms with Crippen molar-refractivity contribution >= 4 is 11.6 Å². The van der Waals surface area contributed by atoms with Crippen LogP contribution in [0.5, 0.6) is 0 Å². The Morgan fingerprint density at radius 1 is 1.41 bits per heavy atom. The molecule has 0 fully saturated rings. The number of amides is 1. The first-order chi connectivity index (χ1) is 10.4. The third-order valence-electron chi connectivity index (χ3n) is 3.95. The van der Waals surface area contributed by atoms with Crippen molar-refractivity contribution in [3.63, 3.8) is 0 Å². The molecular formula is C15H26N4O3. The minimum Gasteiger partial charge on any atom is -0.354 e. The van der Waals surface area contributed by atoms with E-state index in [1.807, 2.05) is 0 Å². The predicted molar refractivity (Wildman–Crippen MR) is 84.7 cm³/mol. The van der Waals surface area contributed by atoms with Gasteiger partial charge in [-0.25, -0.2) is 0 Å². The van der Waals surface area contributed by atoms with Gasteiger partial charge in [-0.2, -0.15) is 5.10 Å². The maximum atomic E-state index is 12.0. The maximum Gasteiger partial charge on any atom is 0.312 e. The molecule has 1 atom stereocenters. The number of nitrogens with zero attached hydrogens (tertiary/aromatic N) is 3. The Morgan fingerprint density at radius 3 is 2.59 bits per heavy atom. The average molecular weight is 310 g/mol. The minimum atomic E-state index is -0.454. The quantitative estimate of drug-likeness (QED) is 0.561. The van der Waals surface area contributed by atoms with Crippen LogP contribution in [0.3, 0.4) is 0 Å². The summed E-state index contributed by atoms with van der Waals surface area (Å²) in [5, 5.41) is 17.9. The van der Waals surface area contributed by atoms with Crippen LogP contribution in [-0.4, -0.2) is 27.2 Å².